The Morgan fingerprint density at radius 1 is 1.72 bits per heavy atom. The van der Waals surface area contributed by atoms with Crippen molar-refractivity contribution < 1.29 is 19.0 Å². The maximum absolute atomic E-state index is 12.8. The third kappa shape index (κ3) is 2.65. The fraction of sp³-hybridized carbons (Fsp3) is 0.500. The Morgan fingerprint density at radius 2 is 2.50 bits per heavy atom. The number of aliphatic hydroxyl groups is 1. The minimum Gasteiger partial charge on any atom is -0.385 e. The van der Waals surface area contributed by atoms with Crippen LogP contribution in [0.4, 0.5) is 4.39 Å². The molecule has 2 heterocycles. The van der Waals surface area contributed by atoms with E-state index in [4.69, 9.17) is 4.74 Å². The van der Waals surface area contributed by atoms with Gasteiger partial charge in [-0.15, -0.1) is 0 Å². The summed E-state index contributed by atoms with van der Waals surface area (Å²) in [5, 5.41) is 12.7. The summed E-state index contributed by atoms with van der Waals surface area (Å²) in [6.45, 7) is 2.27. The smallest absolute Gasteiger partial charge is 0.270 e. The van der Waals surface area contributed by atoms with Gasteiger partial charge in [0, 0.05) is 19.6 Å². The molecule has 0 aromatic carbocycles. The molecule has 0 bridgehead atoms. The minimum absolute atomic E-state index is 0.00910. The molecule has 98 valence electrons. The highest BCUT2D eigenvalue weighted by molar-refractivity contribution is 5.92. The number of hydrogen-bond donors (Lipinski definition) is 2. The Bertz CT molecular complexity index is 455. The second-order valence-electron chi connectivity index (χ2n) is 4.39. The second kappa shape index (κ2) is 4.99. The SMILES string of the molecule is CC1OCCC1(O)CNC(=O)c1cccc(F)n1. The molecule has 5 nitrogen and oxygen atoms in total. The molecule has 2 unspecified atom stereocenters. The van der Waals surface area contributed by atoms with E-state index in [1.165, 1.54) is 12.1 Å². The van der Waals surface area contributed by atoms with E-state index in [2.05, 4.69) is 10.3 Å². The van der Waals surface area contributed by atoms with Crippen LogP contribution < -0.4 is 5.32 Å². The number of hydrogen-bond acceptors (Lipinski definition) is 4. The van der Waals surface area contributed by atoms with E-state index in [1.807, 2.05) is 0 Å². The van der Waals surface area contributed by atoms with E-state index in [1.54, 1.807) is 6.92 Å². The molecular weight excluding hydrogens is 239 g/mol. The molecule has 0 radical (unpaired) electrons. The quantitative estimate of drug-likeness (QED) is 0.770. The number of pyridine rings is 1. The number of carbonyl (C=O) groups is 1. The Kier molecular flexibility index (Phi) is 3.58. The van der Waals surface area contributed by atoms with Crippen molar-refractivity contribution >= 4 is 5.91 Å². The first kappa shape index (κ1) is 12.9. The van der Waals surface area contributed by atoms with Crippen molar-refractivity contribution in [1.82, 2.24) is 10.3 Å². The molecule has 18 heavy (non-hydrogen) atoms. The predicted octanol–water partition coefficient (Wildman–Crippen LogP) is 0.490. The maximum atomic E-state index is 12.8. The van der Waals surface area contributed by atoms with Crippen LogP contribution in [0.25, 0.3) is 0 Å². The van der Waals surface area contributed by atoms with Crippen molar-refractivity contribution in [2.75, 3.05) is 13.2 Å². The standard InChI is InChI=1S/C12H15FN2O3/c1-8-12(17,5-6-18-8)7-14-11(16)9-3-2-4-10(13)15-9/h2-4,8,17H,5-7H2,1H3,(H,14,16). The summed E-state index contributed by atoms with van der Waals surface area (Å²) in [6.07, 6.45) is 0.128. The topological polar surface area (TPSA) is 71.5 Å². The van der Waals surface area contributed by atoms with Crippen LogP contribution in [-0.4, -0.2) is 40.9 Å². The van der Waals surface area contributed by atoms with Crippen molar-refractivity contribution in [3.8, 4) is 0 Å². The molecule has 0 spiro atoms. The van der Waals surface area contributed by atoms with Crippen molar-refractivity contribution in [1.29, 1.82) is 0 Å². The van der Waals surface area contributed by atoms with E-state index in [0.29, 0.717) is 13.0 Å². The maximum Gasteiger partial charge on any atom is 0.270 e. The van der Waals surface area contributed by atoms with Gasteiger partial charge in [-0.2, -0.15) is 4.39 Å². The van der Waals surface area contributed by atoms with Crippen molar-refractivity contribution in [3.63, 3.8) is 0 Å². The predicted molar refractivity (Wildman–Crippen MR) is 61.5 cm³/mol. The Balaban J connectivity index is 1.96. The second-order valence-corrected chi connectivity index (χ2v) is 4.39. The molecule has 2 rings (SSSR count). The van der Waals surface area contributed by atoms with Crippen LogP contribution >= 0.6 is 0 Å². The summed E-state index contributed by atoms with van der Waals surface area (Å²) in [4.78, 5) is 15.2. The number of nitrogens with one attached hydrogen (secondary N) is 1. The van der Waals surface area contributed by atoms with Crippen molar-refractivity contribution in [2.45, 2.75) is 25.0 Å². The van der Waals surface area contributed by atoms with Gasteiger partial charge in [-0.1, -0.05) is 6.07 Å². The number of amides is 1. The Morgan fingerprint density at radius 3 is 3.11 bits per heavy atom. The van der Waals surface area contributed by atoms with Crippen LogP contribution in [-0.2, 0) is 4.74 Å². The van der Waals surface area contributed by atoms with Gasteiger partial charge in [-0.3, -0.25) is 4.79 Å². The van der Waals surface area contributed by atoms with Crippen LogP contribution in [0.1, 0.15) is 23.8 Å². The molecule has 1 aromatic rings. The van der Waals surface area contributed by atoms with Crippen molar-refractivity contribution in [3.05, 3.63) is 29.8 Å². The lowest BCUT2D eigenvalue weighted by molar-refractivity contribution is -0.0252. The van der Waals surface area contributed by atoms with Crippen LogP contribution in [0, 0.1) is 5.95 Å². The zero-order chi connectivity index (χ0) is 13.2. The zero-order valence-corrected chi connectivity index (χ0v) is 10.0. The van der Waals surface area contributed by atoms with E-state index >= 15 is 0 Å². The fourth-order valence-corrected chi connectivity index (χ4v) is 1.86. The highest BCUT2D eigenvalue weighted by Gasteiger charge is 2.39. The molecule has 2 N–H and O–H groups in total. The zero-order valence-electron chi connectivity index (χ0n) is 10.0. The number of ether oxygens (including phenoxy) is 1. The molecule has 6 heteroatoms. The van der Waals surface area contributed by atoms with Crippen LogP contribution in [0.2, 0.25) is 0 Å². The molecule has 1 aliphatic heterocycles. The average Bonchev–Trinajstić information content (AvgIpc) is 2.67. The summed E-state index contributed by atoms with van der Waals surface area (Å²) in [5.74, 6) is -1.22. The van der Waals surface area contributed by atoms with E-state index in [9.17, 15) is 14.3 Å². The molecular formula is C12H15FN2O3. The first-order valence-electron chi connectivity index (χ1n) is 5.76. The van der Waals surface area contributed by atoms with Gasteiger partial charge in [0.05, 0.1) is 6.10 Å². The van der Waals surface area contributed by atoms with Gasteiger partial charge in [0.15, 0.2) is 0 Å². The van der Waals surface area contributed by atoms with Gasteiger partial charge >= 0.3 is 0 Å². The molecule has 1 amide bonds. The molecule has 1 saturated heterocycles. The lowest BCUT2D eigenvalue weighted by Gasteiger charge is -2.25. The van der Waals surface area contributed by atoms with E-state index in [0.717, 1.165) is 6.07 Å². The molecule has 0 aliphatic carbocycles. The summed E-state index contributed by atoms with van der Waals surface area (Å²) < 4.78 is 18.1. The highest BCUT2D eigenvalue weighted by Crippen LogP contribution is 2.24. The van der Waals surface area contributed by atoms with E-state index < -0.39 is 17.5 Å². The molecule has 1 aromatic heterocycles. The van der Waals surface area contributed by atoms with E-state index in [-0.39, 0.29) is 18.3 Å². The van der Waals surface area contributed by atoms with Gasteiger partial charge in [0.2, 0.25) is 5.95 Å². The summed E-state index contributed by atoms with van der Waals surface area (Å²) in [6, 6.07) is 3.99. The number of nitrogens with zero attached hydrogens (tertiary/aromatic N) is 1. The molecule has 1 aliphatic rings. The lowest BCUT2D eigenvalue weighted by atomic mass is 9.97. The Labute approximate surface area is 104 Å². The molecule has 1 fully saturated rings. The highest BCUT2D eigenvalue weighted by atomic mass is 19.1. The van der Waals surface area contributed by atoms with Crippen LogP contribution in [0.5, 0.6) is 0 Å². The first-order chi connectivity index (χ1) is 8.51. The van der Waals surface area contributed by atoms with Crippen LogP contribution in [0.3, 0.4) is 0 Å². The number of carbonyl (C=O) groups excluding carboxylic acids is 1. The Hall–Kier alpha value is -1.53. The number of aromatic nitrogens is 1. The van der Waals surface area contributed by atoms with Gasteiger partial charge in [-0.05, 0) is 19.1 Å². The minimum atomic E-state index is -1.07. The molecule has 0 saturated carbocycles. The van der Waals surface area contributed by atoms with Gasteiger partial charge < -0.3 is 15.2 Å². The monoisotopic (exact) mass is 254 g/mol. The van der Waals surface area contributed by atoms with Crippen molar-refractivity contribution in [2.24, 2.45) is 0 Å². The third-order valence-electron chi connectivity index (χ3n) is 3.16. The third-order valence-corrected chi connectivity index (χ3v) is 3.16. The number of halogens is 1. The van der Waals surface area contributed by atoms with Gasteiger partial charge in [0.1, 0.15) is 11.3 Å². The summed E-state index contributed by atoms with van der Waals surface area (Å²) >= 11 is 0. The lowest BCUT2D eigenvalue weighted by Crippen LogP contribution is -2.47. The first-order valence-corrected chi connectivity index (χ1v) is 5.76. The average molecular weight is 254 g/mol. The summed E-state index contributed by atoms with van der Waals surface area (Å²) in [7, 11) is 0. The van der Waals surface area contributed by atoms with Crippen LogP contribution in [0.15, 0.2) is 18.2 Å². The fourth-order valence-electron chi connectivity index (χ4n) is 1.86. The number of rotatable bonds is 3. The summed E-state index contributed by atoms with van der Waals surface area (Å²) in [5.41, 5.74) is -1.08. The normalized spacial score (nSPS) is 27.2. The molecule has 2 atom stereocenters. The largest absolute Gasteiger partial charge is 0.385 e. The van der Waals surface area contributed by atoms with Gasteiger partial charge in [-0.25, -0.2) is 4.98 Å². The van der Waals surface area contributed by atoms with Gasteiger partial charge in [0.25, 0.3) is 5.91 Å².